The van der Waals surface area contributed by atoms with Crippen molar-refractivity contribution in [3.05, 3.63) is 29.8 Å². The second-order valence-corrected chi connectivity index (χ2v) is 5.49. The zero-order valence-corrected chi connectivity index (χ0v) is 12.8. The molecule has 20 heavy (non-hydrogen) atoms. The molecule has 0 bridgehead atoms. The van der Waals surface area contributed by atoms with Gasteiger partial charge in [-0.3, -0.25) is 4.79 Å². The third kappa shape index (κ3) is 4.53. The van der Waals surface area contributed by atoms with Gasteiger partial charge in [-0.05, 0) is 37.1 Å². The molecule has 1 unspecified atom stereocenters. The molecule has 0 heterocycles. The Morgan fingerprint density at radius 2 is 1.95 bits per heavy atom. The maximum absolute atomic E-state index is 11.3. The summed E-state index contributed by atoms with van der Waals surface area (Å²) in [7, 11) is 0. The summed E-state index contributed by atoms with van der Waals surface area (Å²) < 4.78 is 5.63. The normalized spacial score (nSPS) is 14.1. The lowest BCUT2D eigenvalue weighted by atomic mass is 9.98. The van der Waals surface area contributed by atoms with Gasteiger partial charge in [0.05, 0.1) is 6.61 Å². The molecule has 0 fully saturated rings. The van der Waals surface area contributed by atoms with Gasteiger partial charge in [-0.1, -0.05) is 32.9 Å². The maximum atomic E-state index is 11.3. The van der Waals surface area contributed by atoms with E-state index in [2.05, 4.69) is 19.2 Å². The smallest absolute Gasteiger partial charge is 0.323 e. The number of hydrogen-bond acceptors (Lipinski definition) is 3. The fraction of sp³-hybridized carbons (Fsp3) is 0.562. The zero-order chi connectivity index (χ0) is 15.2. The van der Waals surface area contributed by atoms with E-state index in [0.717, 1.165) is 5.75 Å². The van der Waals surface area contributed by atoms with Gasteiger partial charge < -0.3 is 15.2 Å². The molecule has 0 aliphatic carbocycles. The van der Waals surface area contributed by atoms with Gasteiger partial charge in [-0.2, -0.15) is 0 Å². The molecule has 1 atom stereocenters. The summed E-state index contributed by atoms with van der Waals surface area (Å²) in [6, 6.07) is 7.95. The van der Waals surface area contributed by atoms with Crippen LogP contribution in [0.1, 0.15) is 45.6 Å². The van der Waals surface area contributed by atoms with Crippen LogP contribution in [0.5, 0.6) is 5.75 Å². The lowest BCUT2D eigenvalue weighted by Crippen LogP contribution is -2.50. The first-order chi connectivity index (χ1) is 9.39. The van der Waals surface area contributed by atoms with Gasteiger partial charge in [-0.25, -0.2) is 0 Å². The molecular weight excluding hydrogens is 254 g/mol. The highest BCUT2D eigenvalue weighted by atomic mass is 16.5. The van der Waals surface area contributed by atoms with Crippen LogP contribution in [-0.2, 0) is 4.79 Å². The third-order valence-corrected chi connectivity index (χ3v) is 3.46. The number of benzene rings is 1. The number of likely N-dealkylation sites (N-methyl/N-ethyl adjacent to an activating group) is 1. The van der Waals surface area contributed by atoms with Gasteiger partial charge >= 0.3 is 5.97 Å². The molecule has 0 spiro atoms. The van der Waals surface area contributed by atoms with Gasteiger partial charge in [0.1, 0.15) is 11.3 Å². The van der Waals surface area contributed by atoms with Gasteiger partial charge in [0.2, 0.25) is 0 Å². The molecular formula is C16H25NO3. The van der Waals surface area contributed by atoms with Crippen molar-refractivity contribution < 1.29 is 14.6 Å². The highest BCUT2D eigenvalue weighted by Crippen LogP contribution is 2.19. The Labute approximate surface area is 121 Å². The second-order valence-electron chi connectivity index (χ2n) is 5.49. The summed E-state index contributed by atoms with van der Waals surface area (Å²) in [5.74, 6) is 0.421. The van der Waals surface area contributed by atoms with Crippen molar-refractivity contribution in [1.82, 2.24) is 5.32 Å². The standard InChI is InChI=1S/C16H25NO3/c1-5-17-16(4,15(18)19)10-11-20-14-8-6-13(7-9-14)12(2)3/h6-9,12,17H,5,10-11H2,1-4H3,(H,18,19). The number of carbonyl (C=O) groups is 1. The Morgan fingerprint density at radius 3 is 2.40 bits per heavy atom. The molecule has 4 heteroatoms. The summed E-state index contributed by atoms with van der Waals surface area (Å²) in [6.07, 6.45) is 0.419. The van der Waals surface area contributed by atoms with Crippen molar-refractivity contribution in [2.75, 3.05) is 13.2 Å². The number of carboxylic acid groups (broad SMARTS) is 1. The minimum Gasteiger partial charge on any atom is -0.494 e. The first-order valence-electron chi connectivity index (χ1n) is 7.10. The van der Waals surface area contributed by atoms with Crippen LogP contribution >= 0.6 is 0 Å². The Hall–Kier alpha value is -1.55. The summed E-state index contributed by atoms with van der Waals surface area (Å²) in [4.78, 5) is 11.3. The number of nitrogens with one attached hydrogen (secondary N) is 1. The molecule has 1 rings (SSSR count). The average molecular weight is 279 g/mol. The molecule has 0 saturated carbocycles. The number of rotatable bonds is 8. The van der Waals surface area contributed by atoms with Gasteiger partial charge in [0.15, 0.2) is 0 Å². The van der Waals surface area contributed by atoms with Gasteiger partial charge in [0, 0.05) is 6.42 Å². The van der Waals surface area contributed by atoms with Crippen molar-refractivity contribution in [3.63, 3.8) is 0 Å². The summed E-state index contributed by atoms with van der Waals surface area (Å²) in [6.45, 7) is 8.86. The van der Waals surface area contributed by atoms with E-state index in [1.807, 2.05) is 31.2 Å². The lowest BCUT2D eigenvalue weighted by Gasteiger charge is -2.25. The predicted molar refractivity (Wildman–Crippen MR) is 80.4 cm³/mol. The van der Waals surface area contributed by atoms with Gasteiger partial charge in [-0.15, -0.1) is 0 Å². The Morgan fingerprint density at radius 1 is 1.35 bits per heavy atom. The molecule has 1 aromatic carbocycles. The highest BCUT2D eigenvalue weighted by Gasteiger charge is 2.31. The average Bonchev–Trinajstić information content (AvgIpc) is 2.39. The van der Waals surface area contributed by atoms with E-state index in [0.29, 0.717) is 25.5 Å². The zero-order valence-electron chi connectivity index (χ0n) is 12.8. The van der Waals surface area contributed by atoms with Crippen LogP contribution < -0.4 is 10.1 Å². The quantitative estimate of drug-likeness (QED) is 0.768. The van der Waals surface area contributed by atoms with Crippen molar-refractivity contribution in [2.24, 2.45) is 0 Å². The monoisotopic (exact) mass is 279 g/mol. The maximum Gasteiger partial charge on any atom is 0.323 e. The fourth-order valence-electron chi connectivity index (χ4n) is 1.98. The first kappa shape index (κ1) is 16.5. The lowest BCUT2D eigenvalue weighted by molar-refractivity contribution is -0.144. The van der Waals surface area contributed by atoms with Gasteiger partial charge in [0.25, 0.3) is 0 Å². The van der Waals surface area contributed by atoms with E-state index in [-0.39, 0.29) is 0 Å². The molecule has 0 radical (unpaired) electrons. The Bertz CT molecular complexity index is 428. The van der Waals surface area contributed by atoms with Crippen LogP contribution in [0.4, 0.5) is 0 Å². The molecule has 0 aliphatic heterocycles. The van der Waals surface area contributed by atoms with E-state index in [1.165, 1.54) is 5.56 Å². The van der Waals surface area contributed by atoms with Crippen LogP contribution in [0.15, 0.2) is 24.3 Å². The number of ether oxygens (including phenoxy) is 1. The predicted octanol–water partition coefficient (Wildman–Crippen LogP) is 3.03. The SMILES string of the molecule is CCNC(C)(CCOc1ccc(C(C)C)cc1)C(=O)O. The molecule has 0 aromatic heterocycles. The van der Waals surface area contributed by atoms with Crippen molar-refractivity contribution in [3.8, 4) is 5.75 Å². The number of carboxylic acids is 1. The molecule has 2 N–H and O–H groups in total. The van der Waals surface area contributed by atoms with E-state index < -0.39 is 11.5 Å². The molecule has 1 aromatic rings. The Kier molecular flexibility index (Phi) is 6.02. The van der Waals surface area contributed by atoms with E-state index >= 15 is 0 Å². The fourth-order valence-corrected chi connectivity index (χ4v) is 1.98. The molecule has 112 valence electrons. The molecule has 0 saturated heterocycles. The summed E-state index contributed by atoms with van der Waals surface area (Å²) >= 11 is 0. The minimum absolute atomic E-state index is 0.372. The third-order valence-electron chi connectivity index (χ3n) is 3.46. The number of hydrogen-bond donors (Lipinski definition) is 2. The first-order valence-corrected chi connectivity index (χ1v) is 7.10. The van der Waals surface area contributed by atoms with E-state index in [9.17, 15) is 9.90 Å². The largest absolute Gasteiger partial charge is 0.494 e. The van der Waals surface area contributed by atoms with Crippen LogP contribution in [0.25, 0.3) is 0 Å². The van der Waals surface area contributed by atoms with Crippen LogP contribution in [0.2, 0.25) is 0 Å². The van der Waals surface area contributed by atoms with Crippen LogP contribution in [-0.4, -0.2) is 29.8 Å². The highest BCUT2D eigenvalue weighted by molar-refractivity contribution is 5.78. The molecule has 4 nitrogen and oxygen atoms in total. The summed E-state index contributed by atoms with van der Waals surface area (Å²) in [5, 5.41) is 12.2. The molecule has 0 aliphatic rings. The van der Waals surface area contributed by atoms with Crippen LogP contribution in [0, 0.1) is 0 Å². The van der Waals surface area contributed by atoms with E-state index in [1.54, 1.807) is 6.92 Å². The van der Waals surface area contributed by atoms with Crippen molar-refractivity contribution in [1.29, 1.82) is 0 Å². The van der Waals surface area contributed by atoms with E-state index in [4.69, 9.17) is 4.74 Å². The topological polar surface area (TPSA) is 58.6 Å². The molecule has 0 amide bonds. The van der Waals surface area contributed by atoms with Crippen molar-refractivity contribution in [2.45, 2.75) is 45.6 Å². The Balaban J connectivity index is 2.52. The minimum atomic E-state index is -0.938. The second kappa shape index (κ2) is 7.29. The van der Waals surface area contributed by atoms with Crippen molar-refractivity contribution >= 4 is 5.97 Å². The summed E-state index contributed by atoms with van der Waals surface area (Å²) in [5.41, 5.74) is 0.326. The van der Waals surface area contributed by atoms with Crippen LogP contribution in [0.3, 0.4) is 0 Å². The number of aliphatic carboxylic acids is 1.